The van der Waals surface area contributed by atoms with E-state index in [0.717, 1.165) is 0 Å². The van der Waals surface area contributed by atoms with E-state index in [1.165, 1.54) is 6.33 Å². The van der Waals surface area contributed by atoms with Crippen molar-refractivity contribution in [1.82, 2.24) is 9.97 Å². The van der Waals surface area contributed by atoms with Gasteiger partial charge in [0.15, 0.2) is 5.69 Å². The predicted octanol–water partition coefficient (Wildman–Crippen LogP) is -2.82. The average Bonchev–Trinajstić information content (AvgIpc) is 1.94. The molecule has 0 spiro atoms. The topological polar surface area (TPSA) is 89.1 Å². The van der Waals surface area contributed by atoms with Crippen LogP contribution in [0.15, 0.2) is 6.33 Å². The van der Waals surface area contributed by atoms with Crippen molar-refractivity contribution in [2.45, 2.75) is 6.92 Å². The number of aromatic carboxylic acids is 1. The second-order valence-corrected chi connectivity index (χ2v) is 2.03. The fourth-order valence-electron chi connectivity index (χ4n) is 0.654. The SMILES string of the molecule is Cc1ncnc(C(=O)O)c1N.[H-].[Na+]. The first-order valence-electron chi connectivity index (χ1n) is 2.93. The summed E-state index contributed by atoms with van der Waals surface area (Å²) in [7, 11) is 0. The number of carboxylic acid groups (broad SMARTS) is 1. The maximum atomic E-state index is 10.4. The molecule has 0 saturated heterocycles. The van der Waals surface area contributed by atoms with Crippen molar-refractivity contribution in [2.75, 3.05) is 5.73 Å². The van der Waals surface area contributed by atoms with Crippen molar-refractivity contribution in [3.8, 4) is 0 Å². The normalized spacial score (nSPS) is 8.75. The smallest absolute Gasteiger partial charge is 1.00 e. The number of hydrogen-bond acceptors (Lipinski definition) is 4. The molecular weight excluding hydrogens is 169 g/mol. The van der Waals surface area contributed by atoms with E-state index in [1.807, 2.05) is 0 Å². The Balaban J connectivity index is 0. The number of aryl methyl sites for hydroxylation is 1. The van der Waals surface area contributed by atoms with Gasteiger partial charge in [0.05, 0.1) is 11.4 Å². The summed E-state index contributed by atoms with van der Waals surface area (Å²) in [6.45, 7) is 1.63. The summed E-state index contributed by atoms with van der Waals surface area (Å²) >= 11 is 0. The van der Waals surface area contributed by atoms with Gasteiger partial charge in [-0.15, -0.1) is 0 Å². The molecule has 0 aliphatic rings. The average molecular weight is 177 g/mol. The van der Waals surface area contributed by atoms with Gasteiger partial charge in [-0.05, 0) is 6.92 Å². The Labute approximate surface area is 92.8 Å². The van der Waals surface area contributed by atoms with Gasteiger partial charge in [0, 0.05) is 0 Å². The van der Waals surface area contributed by atoms with E-state index in [1.54, 1.807) is 6.92 Å². The second-order valence-electron chi connectivity index (χ2n) is 2.03. The molecule has 60 valence electrons. The number of hydrogen-bond donors (Lipinski definition) is 2. The van der Waals surface area contributed by atoms with Crippen LogP contribution >= 0.6 is 0 Å². The Kier molecular flexibility index (Phi) is 4.16. The van der Waals surface area contributed by atoms with E-state index >= 15 is 0 Å². The fraction of sp³-hybridized carbons (Fsp3) is 0.167. The van der Waals surface area contributed by atoms with Crippen molar-refractivity contribution in [3.63, 3.8) is 0 Å². The zero-order valence-electron chi connectivity index (χ0n) is 7.90. The number of carbonyl (C=O) groups is 1. The maximum absolute atomic E-state index is 10.4. The molecule has 6 heteroatoms. The molecule has 1 heterocycles. The largest absolute Gasteiger partial charge is 1.00 e. The van der Waals surface area contributed by atoms with Crippen molar-refractivity contribution < 1.29 is 40.9 Å². The van der Waals surface area contributed by atoms with Crippen LogP contribution in [0.1, 0.15) is 17.6 Å². The maximum Gasteiger partial charge on any atom is 1.00 e. The van der Waals surface area contributed by atoms with Gasteiger partial charge >= 0.3 is 35.5 Å². The molecule has 0 aromatic carbocycles. The molecule has 1 rings (SSSR count). The fourth-order valence-corrected chi connectivity index (χ4v) is 0.654. The van der Waals surface area contributed by atoms with Gasteiger partial charge in [-0.2, -0.15) is 0 Å². The van der Waals surface area contributed by atoms with E-state index in [2.05, 4.69) is 9.97 Å². The van der Waals surface area contributed by atoms with Crippen LogP contribution in [-0.4, -0.2) is 21.0 Å². The van der Waals surface area contributed by atoms with Crippen LogP contribution < -0.4 is 35.3 Å². The molecule has 0 amide bonds. The van der Waals surface area contributed by atoms with E-state index in [0.29, 0.717) is 5.69 Å². The first-order valence-corrected chi connectivity index (χ1v) is 2.93. The van der Waals surface area contributed by atoms with E-state index in [9.17, 15) is 4.79 Å². The molecular formula is C6H8N3NaO2. The number of rotatable bonds is 1. The summed E-state index contributed by atoms with van der Waals surface area (Å²) in [5.74, 6) is -1.13. The molecule has 0 bridgehead atoms. The van der Waals surface area contributed by atoms with Gasteiger partial charge in [-0.25, -0.2) is 14.8 Å². The molecule has 0 aliphatic heterocycles. The number of carboxylic acids is 1. The van der Waals surface area contributed by atoms with Crippen molar-refractivity contribution in [2.24, 2.45) is 0 Å². The molecule has 5 nitrogen and oxygen atoms in total. The zero-order chi connectivity index (χ0) is 8.43. The summed E-state index contributed by atoms with van der Waals surface area (Å²) in [6, 6.07) is 0. The van der Waals surface area contributed by atoms with Gasteiger partial charge in [-0.1, -0.05) is 0 Å². The second kappa shape index (κ2) is 4.39. The van der Waals surface area contributed by atoms with Crippen LogP contribution in [0.4, 0.5) is 5.69 Å². The number of nitrogens with two attached hydrogens (primary N) is 1. The van der Waals surface area contributed by atoms with Gasteiger partial charge in [0.25, 0.3) is 0 Å². The number of nitrogens with zero attached hydrogens (tertiary/aromatic N) is 2. The standard InChI is InChI=1S/C6H7N3O2.Na.H/c1-3-4(7)5(6(10)11)9-2-8-3;;/h2H,7H2,1H3,(H,10,11);;/q;+1;-1. The minimum Gasteiger partial charge on any atom is -1.00 e. The van der Waals surface area contributed by atoms with Crippen LogP contribution in [0.25, 0.3) is 0 Å². The van der Waals surface area contributed by atoms with E-state index < -0.39 is 5.97 Å². The first-order chi connectivity index (χ1) is 5.13. The van der Waals surface area contributed by atoms with Crippen molar-refractivity contribution in [3.05, 3.63) is 17.7 Å². The summed E-state index contributed by atoms with van der Waals surface area (Å²) in [6.07, 6.45) is 1.18. The molecule has 0 unspecified atom stereocenters. The quantitative estimate of drug-likeness (QED) is 0.452. The molecule has 0 aliphatic carbocycles. The summed E-state index contributed by atoms with van der Waals surface area (Å²) in [4.78, 5) is 17.6. The van der Waals surface area contributed by atoms with Gasteiger partial charge in [0.2, 0.25) is 0 Å². The van der Waals surface area contributed by atoms with E-state index in [4.69, 9.17) is 10.8 Å². The Morgan fingerprint density at radius 3 is 2.67 bits per heavy atom. The number of nitrogen functional groups attached to an aromatic ring is 1. The number of anilines is 1. The molecule has 0 saturated carbocycles. The van der Waals surface area contributed by atoms with Crippen molar-refractivity contribution in [1.29, 1.82) is 0 Å². The van der Waals surface area contributed by atoms with Crippen molar-refractivity contribution >= 4 is 11.7 Å². The number of aromatic nitrogens is 2. The zero-order valence-corrected chi connectivity index (χ0v) is 8.90. The summed E-state index contributed by atoms with van der Waals surface area (Å²) in [5.41, 5.74) is 5.85. The minimum atomic E-state index is -1.13. The molecule has 12 heavy (non-hydrogen) atoms. The predicted molar refractivity (Wildman–Crippen MR) is 39.3 cm³/mol. The third-order valence-electron chi connectivity index (χ3n) is 1.29. The Morgan fingerprint density at radius 2 is 2.25 bits per heavy atom. The van der Waals surface area contributed by atoms with E-state index in [-0.39, 0.29) is 42.4 Å². The van der Waals surface area contributed by atoms with Crippen LogP contribution in [0.3, 0.4) is 0 Å². The van der Waals surface area contributed by atoms with Crippen LogP contribution in [-0.2, 0) is 0 Å². The molecule has 1 aromatic heterocycles. The van der Waals surface area contributed by atoms with Crippen LogP contribution in [0.2, 0.25) is 0 Å². The Morgan fingerprint density at radius 1 is 1.67 bits per heavy atom. The molecule has 1 aromatic rings. The Bertz CT molecular complexity index is 308. The van der Waals surface area contributed by atoms with Gasteiger partial charge < -0.3 is 12.3 Å². The molecule has 0 fully saturated rings. The van der Waals surface area contributed by atoms with Crippen LogP contribution in [0.5, 0.6) is 0 Å². The summed E-state index contributed by atoms with van der Waals surface area (Å²) < 4.78 is 0. The van der Waals surface area contributed by atoms with Crippen LogP contribution in [0, 0.1) is 6.92 Å². The third kappa shape index (κ3) is 2.17. The third-order valence-corrected chi connectivity index (χ3v) is 1.29. The Hall–Kier alpha value is -0.650. The van der Waals surface area contributed by atoms with Gasteiger partial charge in [0.1, 0.15) is 6.33 Å². The van der Waals surface area contributed by atoms with Gasteiger partial charge in [-0.3, -0.25) is 0 Å². The summed E-state index contributed by atoms with van der Waals surface area (Å²) in [5, 5.41) is 8.52. The molecule has 0 radical (unpaired) electrons. The monoisotopic (exact) mass is 177 g/mol. The molecule has 3 N–H and O–H groups in total. The minimum absolute atomic E-state index is 0. The molecule has 0 atom stereocenters. The first kappa shape index (κ1) is 11.4.